The zero-order valence-electron chi connectivity index (χ0n) is 18.9. The zero-order valence-corrected chi connectivity index (χ0v) is 21.3. The van der Waals surface area contributed by atoms with Crippen molar-refractivity contribution in [2.45, 2.75) is 24.3 Å². The van der Waals surface area contributed by atoms with Crippen molar-refractivity contribution < 1.29 is 4.79 Å². The predicted molar refractivity (Wildman–Crippen MR) is 144 cm³/mol. The van der Waals surface area contributed by atoms with Crippen molar-refractivity contribution in [2.24, 2.45) is 4.99 Å². The van der Waals surface area contributed by atoms with Gasteiger partial charge in [-0.1, -0.05) is 84.0 Å². The summed E-state index contributed by atoms with van der Waals surface area (Å²) in [5.74, 6) is 0.00759. The van der Waals surface area contributed by atoms with Crippen molar-refractivity contribution >= 4 is 51.9 Å². The van der Waals surface area contributed by atoms with Gasteiger partial charge in [0.05, 0.1) is 16.8 Å². The van der Waals surface area contributed by atoms with Gasteiger partial charge in [-0.15, -0.1) is 0 Å². The van der Waals surface area contributed by atoms with E-state index in [1.807, 2.05) is 66.5 Å². The van der Waals surface area contributed by atoms with Crippen LogP contribution < -0.4 is 4.90 Å². The maximum Gasteiger partial charge on any atom is 0.269 e. The molecule has 1 fully saturated rings. The summed E-state index contributed by atoms with van der Waals surface area (Å²) in [4.78, 5) is 24.4. The van der Waals surface area contributed by atoms with Gasteiger partial charge in [0.25, 0.3) is 5.91 Å². The maximum absolute atomic E-state index is 13.7. The molecule has 7 heteroatoms. The number of hydrogen-bond donors (Lipinski definition) is 0. The van der Waals surface area contributed by atoms with Gasteiger partial charge in [0, 0.05) is 23.5 Å². The monoisotopic (exact) mass is 505 g/mol. The third-order valence-corrected chi connectivity index (χ3v) is 8.59. The average Bonchev–Trinajstić information content (AvgIpc) is 3.34. The molecule has 1 atom stereocenters. The summed E-state index contributed by atoms with van der Waals surface area (Å²) in [6.07, 6.45) is 0.771. The third kappa shape index (κ3) is 4.63. The first-order valence-electron chi connectivity index (χ1n) is 11.1. The number of amides is 1. The fraction of sp³-hybridized carbons (Fsp3) is 0.185. The van der Waals surface area contributed by atoms with Crippen LogP contribution >= 0.6 is 35.1 Å². The van der Waals surface area contributed by atoms with E-state index in [1.54, 1.807) is 11.8 Å². The minimum absolute atomic E-state index is 0.00759. The lowest BCUT2D eigenvalue weighted by molar-refractivity contribution is -0.122. The fourth-order valence-corrected chi connectivity index (χ4v) is 6.58. The lowest BCUT2D eigenvalue weighted by Crippen LogP contribution is -2.32. The second kappa shape index (κ2) is 9.90. The van der Waals surface area contributed by atoms with Crippen LogP contribution in [0.5, 0.6) is 0 Å². The SMILES string of the molecule is C[C@H](N=C1S/C(=C2\Sc3ccc(Cl)cc3N2C)C(=O)N1CCc1ccccc1)c1ccccc1. The molecule has 3 aromatic rings. The Morgan fingerprint density at radius 1 is 0.971 bits per heavy atom. The number of nitrogens with zero attached hydrogens (tertiary/aromatic N) is 3. The van der Waals surface area contributed by atoms with Crippen LogP contribution in [0.3, 0.4) is 0 Å². The first-order chi connectivity index (χ1) is 16.5. The number of carbonyl (C=O) groups is 1. The number of hydrogen-bond acceptors (Lipinski definition) is 5. The molecule has 2 heterocycles. The molecule has 3 aromatic carbocycles. The van der Waals surface area contributed by atoms with Crippen LogP contribution in [0.1, 0.15) is 24.1 Å². The topological polar surface area (TPSA) is 35.9 Å². The summed E-state index contributed by atoms with van der Waals surface area (Å²) >= 11 is 9.32. The van der Waals surface area contributed by atoms with Gasteiger partial charge in [-0.25, -0.2) is 0 Å². The predicted octanol–water partition coefficient (Wildman–Crippen LogP) is 6.99. The summed E-state index contributed by atoms with van der Waals surface area (Å²) in [6, 6.07) is 26.2. The van der Waals surface area contributed by atoms with E-state index in [1.165, 1.54) is 17.3 Å². The van der Waals surface area contributed by atoms with E-state index in [-0.39, 0.29) is 11.9 Å². The van der Waals surface area contributed by atoms with Gasteiger partial charge >= 0.3 is 0 Å². The molecule has 1 saturated heterocycles. The number of halogens is 1. The molecule has 0 bridgehead atoms. The molecule has 172 valence electrons. The van der Waals surface area contributed by atoms with Crippen molar-refractivity contribution in [2.75, 3.05) is 18.5 Å². The molecule has 34 heavy (non-hydrogen) atoms. The zero-order chi connectivity index (χ0) is 23.7. The average molecular weight is 506 g/mol. The van der Waals surface area contributed by atoms with Gasteiger partial charge in [0.2, 0.25) is 0 Å². The molecule has 0 N–H and O–H groups in total. The molecule has 1 amide bonds. The standard InChI is InChI=1S/C27H24ClN3OS2/c1-18(20-11-7-4-8-12-20)29-27-31(16-15-19-9-5-3-6-10-19)25(32)24(34-27)26-30(2)22-17-21(28)13-14-23(22)33-26/h3-14,17-18H,15-16H2,1-2H3/b26-24-,29-27?/t18-/m0/s1. The number of rotatable bonds is 5. The number of benzene rings is 3. The molecule has 0 saturated carbocycles. The highest BCUT2D eigenvalue weighted by Gasteiger charge is 2.39. The van der Waals surface area contributed by atoms with Crippen molar-refractivity contribution in [3.8, 4) is 0 Å². The number of thioether (sulfide) groups is 2. The minimum atomic E-state index is -0.0509. The molecule has 0 aliphatic carbocycles. The second-order valence-corrected chi connectivity index (χ2v) is 10.6. The van der Waals surface area contributed by atoms with Crippen LogP contribution in [-0.2, 0) is 11.2 Å². The molecule has 0 unspecified atom stereocenters. The van der Waals surface area contributed by atoms with Crippen molar-refractivity contribution in [3.05, 3.63) is 105 Å². The van der Waals surface area contributed by atoms with Gasteiger partial charge in [0.1, 0.15) is 4.91 Å². The molecular formula is C27H24ClN3OS2. The van der Waals surface area contributed by atoms with E-state index in [4.69, 9.17) is 16.6 Å². The molecule has 0 spiro atoms. The Balaban J connectivity index is 1.48. The number of anilines is 1. The molecule has 4 nitrogen and oxygen atoms in total. The van der Waals surface area contributed by atoms with E-state index in [0.29, 0.717) is 16.5 Å². The van der Waals surface area contributed by atoms with E-state index >= 15 is 0 Å². The Bertz CT molecular complexity index is 1280. The van der Waals surface area contributed by atoms with Crippen molar-refractivity contribution in [1.82, 2.24) is 4.90 Å². The highest BCUT2D eigenvalue weighted by atomic mass is 35.5. The van der Waals surface area contributed by atoms with Gasteiger partial charge in [-0.3, -0.25) is 14.7 Å². The fourth-order valence-electron chi connectivity index (χ4n) is 4.00. The first-order valence-corrected chi connectivity index (χ1v) is 13.1. The highest BCUT2D eigenvalue weighted by Crippen LogP contribution is 2.50. The Labute approximate surface area is 213 Å². The summed E-state index contributed by atoms with van der Waals surface area (Å²) in [7, 11) is 1.99. The van der Waals surface area contributed by atoms with Crippen LogP contribution in [0.15, 0.2) is 98.7 Å². The molecule has 0 aromatic heterocycles. The largest absolute Gasteiger partial charge is 0.337 e. The number of fused-ring (bicyclic) bond motifs is 1. The highest BCUT2D eigenvalue weighted by molar-refractivity contribution is 8.19. The lowest BCUT2D eigenvalue weighted by atomic mass is 10.1. The maximum atomic E-state index is 13.7. The van der Waals surface area contributed by atoms with Gasteiger partial charge in [-0.2, -0.15) is 0 Å². The summed E-state index contributed by atoms with van der Waals surface area (Å²) in [5, 5.41) is 2.36. The summed E-state index contributed by atoms with van der Waals surface area (Å²) in [6.45, 7) is 2.66. The normalized spacial score (nSPS) is 19.7. The summed E-state index contributed by atoms with van der Waals surface area (Å²) < 4.78 is 0. The van der Waals surface area contributed by atoms with Crippen LogP contribution in [-0.4, -0.2) is 29.6 Å². The molecule has 0 radical (unpaired) electrons. The minimum Gasteiger partial charge on any atom is -0.337 e. The van der Waals surface area contributed by atoms with E-state index in [0.717, 1.165) is 32.8 Å². The van der Waals surface area contributed by atoms with Gasteiger partial charge in [0.15, 0.2) is 5.17 Å². The van der Waals surface area contributed by atoms with Gasteiger partial charge in [-0.05, 0) is 54.4 Å². The Kier molecular flexibility index (Phi) is 6.73. The second-order valence-electron chi connectivity index (χ2n) is 8.20. The lowest BCUT2D eigenvalue weighted by Gasteiger charge is -2.18. The van der Waals surface area contributed by atoms with Crippen LogP contribution in [0, 0.1) is 0 Å². The molecule has 2 aliphatic rings. The van der Waals surface area contributed by atoms with E-state index in [2.05, 4.69) is 36.1 Å². The van der Waals surface area contributed by atoms with Crippen LogP contribution in [0.25, 0.3) is 0 Å². The van der Waals surface area contributed by atoms with E-state index in [9.17, 15) is 4.79 Å². The third-order valence-electron chi connectivity index (χ3n) is 5.90. The van der Waals surface area contributed by atoms with Gasteiger partial charge < -0.3 is 4.90 Å². The van der Waals surface area contributed by atoms with Crippen LogP contribution in [0.4, 0.5) is 5.69 Å². The Hall–Kier alpha value is -2.67. The molecule has 2 aliphatic heterocycles. The number of carbonyl (C=O) groups excluding carboxylic acids is 1. The van der Waals surface area contributed by atoms with Crippen LogP contribution in [0.2, 0.25) is 5.02 Å². The number of amidine groups is 1. The quantitative estimate of drug-likeness (QED) is 0.350. The van der Waals surface area contributed by atoms with Crippen molar-refractivity contribution in [1.29, 1.82) is 0 Å². The summed E-state index contributed by atoms with van der Waals surface area (Å²) in [5.41, 5.74) is 3.35. The van der Waals surface area contributed by atoms with E-state index < -0.39 is 0 Å². The first kappa shape index (κ1) is 23.1. The smallest absolute Gasteiger partial charge is 0.269 e. The molecule has 5 rings (SSSR count). The Morgan fingerprint density at radius 3 is 2.41 bits per heavy atom. The molecular weight excluding hydrogens is 482 g/mol. The Morgan fingerprint density at radius 2 is 1.68 bits per heavy atom. The number of aliphatic imine (C=N–C) groups is 1. The van der Waals surface area contributed by atoms with Crippen molar-refractivity contribution in [3.63, 3.8) is 0 Å².